The van der Waals surface area contributed by atoms with Gasteiger partial charge >= 0.3 is 0 Å². The van der Waals surface area contributed by atoms with E-state index in [2.05, 4.69) is 65.8 Å². The van der Waals surface area contributed by atoms with Crippen molar-refractivity contribution >= 4 is 0 Å². The fourth-order valence-corrected chi connectivity index (χ4v) is 7.49. The minimum absolute atomic E-state index is 0.0856. The molecular formula is C28H44O. The third-order valence-electron chi connectivity index (χ3n) is 9.99. The van der Waals surface area contributed by atoms with Gasteiger partial charge in [0.2, 0.25) is 0 Å². The summed E-state index contributed by atoms with van der Waals surface area (Å²) in [4.78, 5) is 0. The van der Waals surface area contributed by atoms with Gasteiger partial charge in [-0.05, 0) is 96.9 Å². The summed E-state index contributed by atoms with van der Waals surface area (Å²) < 4.78 is 0. The number of allylic oxidation sites excluding steroid dienone is 6. The highest BCUT2D eigenvalue weighted by Gasteiger charge is 2.54. The van der Waals surface area contributed by atoms with Crippen LogP contribution < -0.4 is 0 Å². The number of hydrogen-bond donors (Lipinski definition) is 1. The van der Waals surface area contributed by atoms with E-state index in [-0.39, 0.29) is 6.10 Å². The van der Waals surface area contributed by atoms with Gasteiger partial charge in [0.05, 0.1) is 6.10 Å². The Kier molecular flexibility index (Phi) is 5.69. The Morgan fingerprint density at radius 2 is 1.79 bits per heavy atom. The first-order valence-corrected chi connectivity index (χ1v) is 12.4. The third kappa shape index (κ3) is 3.50. The minimum Gasteiger partial charge on any atom is -0.393 e. The van der Waals surface area contributed by atoms with Crippen LogP contribution in [0.15, 0.2) is 35.5 Å². The average Bonchev–Trinajstić information content (AvgIpc) is 3.03. The lowest BCUT2D eigenvalue weighted by molar-refractivity contribution is -0.00263. The first kappa shape index (κ1) is 21.4. The molecule has 1 heteroatoms. The van der Waals surface area contributed by atoms with Crippen molar-refractivity contribution in [3.63, 3.8) is 0 Å². The van der Waals surface area contributed by atoms with Crippen molar-refractivity contribution in [3.8, 4) is 0 Å². The molecule has 162 valence electrons. The van der Waals surface area contributed by atoms with E-state index in [0.717, 1.165) is 30.6 Å². The Labute approximate surface area is 179 Å². The van der Waals surface area contributed by atoms with E-state index < -0.39 is 0 Å². The van der Waals surface area contributed by atoms with E-state index in [1.807, 2.05) is 0 Å². The highest BCUT2D eigenvalue weighted by atomic mass is 16.3. The Morgan fingerprint density at radius 1 is 1.03 bits per heavy atom. The fraction of sp³-hybridized carbons (Fsp3) is 0.786. The van der Waals surface area contributed by atoms with Gasteiger partial charge < -0.3 is 5.11 Å². The maximum Gasteiger partial charge on any atom is 0.0546 e. The highest BCUT2D eigenvalue weighted by molar-refractivity contribution is 5.42. The molecule has 0 saturated heterocycles. The smallest absolute Gasteiger partial charge is 0.0546 e. The molecule has 0 radical (unpaired) electrons. The van der Waals surface area contributed by atoms with Crippen molar-refractivity contribution in [2.24, 2.45) is 46.3 Å². The van der Waals surface area contributed by atoms with Gasteiger partial charge in [-0.2, -0.15) is 0 Å². The summed E-state index contributed by atoms with van der Waals surface area (Å²) in [7, 11) is 0. The lowest BCUT2D eigenvalue weighted by atomic mass is 9.50. The van der Waals surface area contributed by atoms with Gasteiger partial charge in [0.1, 0.15) is 0 Å². The fourth-order valence-electron chi connectivity index (χ4n) is 7.49. The number of aliphatic hydroxyl groups excluding tert-OH is 1. The summed E-state index contributed by atoms with van der Waals surface area (Å²) in [6.07, 6.45) is 18.4. The van der Waals surface area contributed by atoms with Crippen molar-refractivity contribution in [2.75, 3.05) is 0 Å². The van der Waals surface area contributed by atoms with Crippen LogP contribution in [-0.4, -0.2) is 11.2 Å². The molecule has 8 atom stereocenters. The Balaban J connectivity index is 1.61. The second kappa shape index (κ2) is 7.70. The van der Waals surface area contributed by atoms with Crippen LogP contribution in [0, 0.1) is 46.3 Å². The molecule has 0 spiro atoms. The first-order chi connectivity index (χ1) is 13.7. The van der Waals surface area contributed by atoms with Crippen LogP contribution in [0.4, 0.5) is 0 Å². The van der Waals surface area contributed by atoms with E-state index in [1.165, 1.54) is 32.1 Å². The molecule has 0 bridgehead atoms. The average molecular weight is 397 g/mol. The zero-order valence-electron chi connectivity index (χ0n) is 19.7. The predicted octanol–water partition coefficient (Wildman–Crippen LogP) is 7.33. The van der Waals surface area contributed by atoms with Crippen molar-refractivity contribution < 1.29 is 5.11 Å². The third-order valence-corrected chi connectivity index (χ3v) is 9.99. The zero-order valence-corrected chi connectivity index (χ0v) is 19.7. The second-order valence-electron chi connectivity index (χ2n) is 11.8. The Hall–Kier alpha value is -0.820. The monoisotopic (exact) mass is 396 g/mol. The molecule has 0 aliphatic heterocycles. The van der Waals surface area contributed by atoms with Gasteiger partial charge in [0, 0.05) is 0 Å². The number of fused-ring (bicyclic) bond motifs is 4. The molecule has 4 rings (SSSR count). The maximum absolute atomic E-state index is 10.2. The largest absolute Gasteiger partial charge is 0.393 e. The standard InChI is InChI=1S/C28H44O/c1-18(2)19(3)7-8-20(4)24-11-12-25-23-10-9-21-17-22(29)13-15-27(21,5)26(23)14-16-28(24,25)6/h7-10,18-22,24,26,29H,11-17H2,1-6H3. The number of rotatable bonds is 4. The van der Waals surface area contributed by atoms with E-state index in [0.29, 0.717) is 28.6 Å². The van der Waals surface area contributed by atoms with Crippen LogP contribution in [0.5, 0.6) is 0 Å². The molecule has 0 amide bonds. The van der Waals surface area contributed by atoms with Crippen LogP contribution in [0.1, 0.15) is 86.5 Å². The van der Waals surface area contributed by atoms with Gasteiger partial charge in [-0.1, -0.05) is 71.4 Å². The first-order valence-electron chi connectivity index (χ1n) is 12.4. The molecule has 8 unspecified atom stereocenters. The molecule has 4 aliphatic carbocycles. The lowest BCUT2D eigenvalue weighted by Gasteiger charge is -2.54. The molecule has 1 nitrogen and oxygen atoms in total. The quantitative estimate of drug-likeness (QED) is 0.493. The lowest BCUT2D eigenvalue weighted by Crippen LogP contribution is -2.46. The van der Waals surface area contributed by atoms with Crippen molar-refractivity contribution in [3.05, 3.63) is 35.5 Å². The van der Waals surface area contributed by atoms with Gasteiger partial charge in [-0.3, -0.25) is 0 Å². The molecular weight excluding hydrogens is 352 g/mol. The molecule has 0 aromatic carbocycles. The zero-order chi connectivity index (χ0) is 21.0. The normalized spacial score (nSPS) is 44.0. The van der Waals surface area contributed by atoms with Gasteiger partial charge in [-0.25, -0.2) is 0 Å². The molecule has 0 heterocycles. The molecule has 2 saturated carbocycles. The Bertz CT molecular complexity index is 712. The summed E-state index contributed by atoms with van der Waals surface area (Å²) in [6.45, 7) is 14.6. The molecule has 0 aromatic rings. The summed E-state index contributed by atoms with van der Waals surface area (Å²) in [5, 5.41) is 10.2. The van der Waals surface area contributed by atoms with Crippen LogP contribution in [0.25, 0.3) is 0 Å². The van der Waals surface area contributed by atoms with Crippen LogP contribution >= 0.6 is 0 Å². The summed E-state index contributed by atoms with van der Waals surface area (Å²) in [5.41, 5.74) is 4.27. The van der Waals surface area contributed by atoms with E-state index >= 15 is 0 Å². The van der Waals surface area contributed by atoms with E-state index in [9.17, 15) is 5.11 Å². The molecule has 4 aliphatic rings. The SMILES string of the molecule is CC(C)C(C)C=CC(C)C1CCC2=C3C=CC4CC(O)CCC4(C)C3CCC21C. The summed E-state index contributed by atoms with van der Waals surface area (Å²) in [6, 6.07) is 0. The second-order valence-corrected chi connectivity index (χ2v) is 11.8. The molecule has 1 N–H and O–H groups in total. The van der Waals surface area contributed by atoms with E-state index in [1.54, 1.807) is 11.1 Å². The Morgan fingerprint density at radius 3 is 2.52 bits per heavy atom. The molecule has 29 heavy (non-hydrogen) atoms. The van der Waals surface area contributed by atoms with Gasteiger partial charge in [0.25, 0.3) is 0 Å². The van der Waals surface area contributed by atoms with E-state index in [4.69, 9.17) is 0 Å². The number of hydrogen-bond acceptors (Lipinski definition) is 1. The summed E-state index contributed by atoms with van der Waals surface area (Å²) >= 11 is 0. The molecule has 0 aromatic heterocycles. The van der Waals surface area contributed by atoms with Gasteiger partial charge in [-0.15, -0.1) is 0 Å². The topological polar surface area (TPSA) is 20.2 Å². The van der Waals surface area contributed by atoms with Crippen molar-refractivity contribution in [1.29, 1.82) is 0 Å². The minimum atomic E-state index is -0.0856. The maximum atomic E-state index is 10.2. The van der Waals surface area contributed by atoms with Crippen LogP contribution in [-0.2, 0) is 0 Å². The van der Waals surface area contributed by atoms with Crippen LogP contribution in [0.3, 0.4) is 0 Å². The summed E-state index contributed by atoms with van der Waals surface area (Å²) in [5.74, 6) is 4.13. The van der Waals surface area contributed by atoms with Crippen molar-refractivity contribution in [2.45, 2.75) is 92.6 Å². The number of aliphatic hydroxyl groups is 1. The predicted molar refractivity (Wildman–Crippen MR) is 123 cm³/mol. The van der Waals surface area contributed by atoms with Gasteiger partial charge in [0.15, 0.2) is 0 Å². The van der Waals surface area contributed by atoms with Crippen molar-refractivity contribution in [1.82, 2.24) is 0 Å². The highest BCUT2D eigenvalue weighted by Crippen LogP contribution is 2.64. The van der Waals surface area contributed by atoms with Crippen LogP contribution in [0.2, 0.25) is 0 Å². The molecule has 2 fully saturated rings.